The molecule has 0 aromatic heterocycles. The number of β-amino-alcohol motifs (C(OH)–C–C–N with tert-alkyl or cyclic N) is 1. The molecule has 0 radical (unpaired) electrons. The van der Waals surface area contributed by atoms with Crippen molar-refractivity contribution in [2.45, 2.75) is 66.3 Å². The van der Waals surface area contributed by atoms with E-state index in [0.29, 0.717) is 19.1 Å². The summed E-state index contributed by atoms with van der Waals surface area (Å²) in [5.41, 5.74) is 2.37. The molecule has 138 valence electrons. The summed E-state index contributed by atoms with van der Waals surface area (Å²) in [4.78, 5) is 2.26. The number of aryl methyl sites for hydroxylation is 1. The molecule has 1 saturated heterocycles. The molecule has 3 atom stereocenters. The molecule has 0 aliphatic carbocycles. The van der Waals surface area contributed by atoms with Gasteiger partial charge in [0.05, 0.1) is 12.2 Å². The first-order valence-corrected chi connectivity index (χ1v) is 8.64. The molecule has 2 rings (SSSR count). The Hall–Kier alpha value is -1.10. The molecule has 1 aliphatic heterocycles. The molecule has 1 fully saturated rings. The van der Waals surface area contributed by atoms with Crippen molar-refractivity contribution in [2.24, 2.45) is 0 Å². The normalized spacial score (nSPS) is 23.0. The second-order valence-electron chi connectivity index (χ2n) is 7.14. The molecule has 3 unspecified atom stereocenters. The van der Waals surface area contributed by atoms with Gasteiger partial charge in [0.25, 0.3) is 0 Å². The first-order valence-electron chi connectivity index (χ1n) is 8.64. The van der Waals surface area contributed by atoms with E-state index >= 15 is 0 Å². The molecule has 1 aliphatic rings. The van der Waals surface area contributed by atoms with Crippen LogP contribution in [-0.2, 0) is 4.74 Å². The topological polar surface area (TPSA) is 41.9 Å². The Morgan fingerprint density at radius 1 is 1.25 bits per heavy atom. The van der Waals surface area contributed by atoms with E-state index in [-0.39, 0.29) is 19.6 Å². The maximum absolute atomic E-state index is 10.3. The SMILES string of the molecule is C.Cc1ccc(C(C)C)c(OCC(O)CN2CC(C)OC(C)C2)c1. The van der Waals surface area contributed by atoms with E-state index in [2.05, 4.69) is 57.7 Å². The van der Waals surface area contributed by atoms with E-state index in [4.69, 9.17) is 9.47 Å². The number of benzene rings is 1. The Labute approximate surface area is 147 Å². The fourth-order valence-corrected chi connectivity index (χ4v) is 3.21. The predicted octanol–water partition coefficient (Wildman–Crippen LogP) is 3.60. The van der Waals surface area contributed by atoms with Crippen LogP contribution < -0.4 is 4.74 Å². The summed E-state index contributed by atoms with van der Waals surface area (Å²) in [5, 5.41) is 10.3. The maximum atomic E-state index is 10.3. The highest BCUT2D eigenvalue weighted by atomic mass is 16.5. The van der Waals surface area contributed by atoms with Crippen molar-refractivity contribution < 1.29 is 14.6 Å². The summed E-state index contributed by atoms with van der Waals surface area (Å²) in [6, 6.07) is 6.28. The standard InChI is InChI=1S/C19H31NO3.CH4/c1-13(2)18-7-6-14(3)8-19(18)22-12-17(21)11-20-9-15(4)23-16(5)10-20;/h6-8,13,15-17,21H,9-12H2,1-5H3;1H4. The van der Waals surface area contributed by atoms with Crippen LogP contribution in [0.3, 0.4) is 0 Å². The average Bonchev–Trinajstić information content (AvgIpc) is 2.43. The van der Waals surface area contributed by atoms with Gasteiger partial charge in [0.1, 0.15) is 18.5 Å². The number of rotatable bonds is 6. The van der Waals surface area contributed by atoms with Crippen LogP contribution in [0.1, 0.15) is 52.2 Å². The van der Waals surface area contributed by atoms with Crippen LogP contribution in [0.2, 0.25) is 0 Å². The largest absolute Gasteiger partial charge is 0.491 e. The van der Waals surface area contributed by atoms with Gasteiger partial charge in [0.15, 0.2) is 0 Å². The van der Waals surface area contributed by atoms with Crippen molar-refractivity contribution in [1.82, 2.24) is 4.90 Å². The third-order valence-corrected chi connectivity index (χ3v) is 4.19. The second kappa shape index (κ2) is 9.40. The minimum Gasteiger partial charge on any atom is -0.491 e. The summed E-state index contributed by atoms with van der Waals surface area (Å²) in [5.74, 6) is 1.30. The van der Waals surface area contributed by atoms with Crippen LogP contribution in [0.15, 0.2) is 18.2 Å². The first kappa shape index (κ1) is 20.9. The summed E-state index contributed by atoms with van der Waals surface area (Å²) < 4.78 is 11.7. The zero-order chi connectivity index (χ0) is 17.0. The third kappa shape index (κ3) is 6.08. The van der Waals surface area contributed by atoms with Gasteiger partial charge in [-0.15, -0.1) is 0 Å². The maximum Gasteiger partial charge on any atom is 0.123 e. The molecule has 4 heteroatoms. The minimum atomic E-state index is -0.493. The fraction of sp³-hybridized carbons (Fsp3) is 0.700. The molecule has 0 saturated carbocycles. The summed E-state index contributed by atoms with van der Waals surface area (Å²) in [6.45, 7) is 13.2. The smallest absolute Gasteiger partial charge is 0.123 e. The van der Waals surface area contributed by atoms with E-state index in [1.165, 1.54) is 11.1 Å². The van der Waals surface area contributed by atoms with E-state index in [1.807, 2.05) is 0 Å². The van der Waals surface area contributed by atoms with Crippen molar-refractivity contribution in [3.8, 4) is 5.75 Å². The second-order valence-corrected chi connectivity index (χ2v) is 7.14. The number of hydrogen-bond acceptors (Lipinski definition) is 4. The van der Waals surface area contributed by atoms with Crippen molar-refractivity contribution in [3.05, 3.63) is 29.3 Å². The quantitative estimate of drug-likeness (QED) is 0.861. The van der Waals surface area contributed by atoms with Gasteiger partial charge in [-0.3, -0.25) is 4.90 Å². The van der Waals surface area contributed by atoms with Crippen LogP contribution in [0.4, 0.5) is 0 Å². The van der Waals surface area contributed by atoms with Crippen molar-refractivity contribution in [1.29, 1.82) is 0 Å². The van der Waals surface area contributed by atoms with Gasteiger partial charge in [-0.1, -0.05) is 33.4 Å². The van der Waals surface area contributed by atoms with Crippen LogP contribution in [-0.4, -0.2) is 54.6 Å². The van der Waals surface area contributed by atoms with Crippen LogP contribution in [0.5, 0.6) is 5.75 Å². The Balaban J connectivity index is 0.00000288. The molecule has 24 heavy (non-hydrogen) atoms. The monoisotopic (exact) mass is 337 g/mol. The van der Waals surface area contributed by atoms with Gasteiger partial charge in [0.2, 0.25) is 0 Å². The van der Waals surface area contributed by atoms with Gasteiger partial charge in [-0.25, -0.2) is 0 Å². The van der Waals surface area contributed by atoms with Crippen LogP contribution in [0.25, 0.3) is 0 Å². The first-order chi connectivity index (χ1) is 10.8. The molecule has 1 aromatic carbocycles. The predicted molar refractivity (Wildman–Crippen MR) is 99.9 cm³/mol. The van der Waals surface area contributed by atoms with Crippen LogP contribution in [0, 0.1) is 6.92 Å². The van der Waals surface area contributed by atoms with Gasteiger partial charge in [-0.05, 0) is 43.9 Å². The summed E-state index contributed by atoms with van der Waals surface area (Å²) in [6.07, 6.45) is -0.0552. The molecule has 1 heterocycles. The lowest BCUT2D eigenvalue weighted by atomic mass is 10.0. The average molecular weight is 338 g/mol. The van der Waals surface area contributed by atoms with Gasteiger partial charge < -0.3 is 14.6 Å². The third-order valence-electron chi connectivity index (χ3n) is 4.19. The molecule has 4 nitrogen and oxygen atoms in total. The lowest BCUT2D eigenvalue weighted by molar-refractivity contribution is -0.0787. The lowest BCUT2D eigenvalue weighted by Gasteiger charge is -2.36. The van der Waals surface area contributed by atoms with Gasteiger partial charge in [-0.2, -0.15) is 0 Å². The molecule has 0 bridgehead atoms. The lowest BCUT2D eigenvalue weighted by Crippen LogP contribution is -2.48. The Bertz CT molecular complexity index is 494. The number of aliphatic hydroxyl groups is 1. The zero-order valence-electron chi connectivity index (χ0n) is 15.1. The number of aliphatic hydroxyl groups excluding tert-OH is 1. The van der Waals surface area contributed by atoms with E-state index < -0.39 is 6.10 Å². The Morgan fingerprint density at radius 3 is 2.46 bits per heavy atom. The fourth-order valence-electron chi connectivity index (χ4n) is 3.21. The summed E-state index contributed by atoms with van der Waals surface area (Å²) in [7, 11) is 0. The molecular formula is C20H35NO3. The van der Waals surface area contributed by atoms with E-state index in [0.717, 1.165) is 18.8 Å². The Morgan fingerprint density at radius 2 is 1.88 bits per heavy atom. The van der Waals surface area contributed by atoms with Crippen molar-refractivity contribution in [2.75, 3.05) is 26.2 Å². The van der Waals surface area contributed by atoms with Crippen molar-refractivity contribution >= 4 is 0 Å². The number of nitrogens with zero attached hydrogens (tertiary/aromatic N) is 1. The van der Waals surface area contributed by atoms with Gasteiger partial charge >= 0.3 is 0 Å². The highest BCUT2D eigenvalue weighted by molar-refractivity contribution is 5.39. The molecular weight excluding hydrogens is 302 g/mol. The summed E-state index contributed by atoms with van der Waals surface area (Å²) >= 11 is 0. The van der Waals surface area contributed by atoms with Crippen molar-refractivity contribution in [3.63, 3.8) is 0 Å². The van der Waals surface area contributed by atoms with Crippen LogP contribution >= 0.6 is 0 Å². The molecule has 1 aromatic rings. The van der Waals surface area contributed by atoms with Gasteiger partial charge in [0, 0.05) is 19.6 Å². The Kier molecular flexibility index (Phi) is 8.20. The minimum absolute atomic E-state index is 0. The molecule has 0 amide bonds. The highest BCUT2D eigenvalue weighted by Crippen LogP contribution is 2.27. The van der Waals surface area contributed by atoms with E-state index in [1.54, 1.807) is 0 Å². The number of morpholine rings is 1. The van der Waals surface area contributed by atoms with E-state index in [9.17, 15) is 5.11 Å². The molecule has 0 spiro atoms. The number of ether oxygens (including phenoxy) is 2. The number of hydrogen-bond donors (Lipinski definition) is 1. The highest BCUT2D eigenvalue weighted by Gasteiger charge is 2.24. The molecule has 1 N–H and O–H groups in total. The zero-order valence-corrected chi connectivity index (χ0v) is 15.1.